The van der Waals surface area contributed by atoms with Gasteiger partial charge in [-0.3, -0.25) is 24.0 Å². The maximum absolute atomic E-state index is 14.3. The molecule has 2 bridgehead atoms. The number of esters is 1. The van der Waals surface area contributed by atoms with Gasteiger partial charge in [0, 0.05) is 58.9 Å². The summed E-state index contributed by atoms with van der Waals surface area (Å²) in [6, 6.07) is 14.5. The van der Waals surface area contributed by atoms with E-state index in [4.69, 9.17) is 24.2 Å². The fourth-order valence-electron chi connectivity index (χ4n) is 7.79. The lowest BCUT2D eigenvalue weighted by molar-refractivity contribution is -0.217. The minimum atomic E-state index is -1.38. The first-order valence-corrected chi connectivity index (χ1v) is 16.3. The van der Waals surface area contributed by atoms with E-state index in [0.717, 1.165) is 22.3 Å². The number of aliphatic hydroxyl groups excluding tert-OH is 1. The van der Waals surface area contributed by atoms with Gasteiger partial charge in [-0.05, 0) is 28.3 Å². The number of amides is 3. The Balaban J connectivity index is 1.18. The Kier molecular flexibility index (Phi) is 8.58. The van der Waals surface area contributed by atoms with Gasteiger partial charge in [-0.25, -0.2) is 0 Å². The number of hydrogen-bond acceptors (Lipinski definition) is 10. The molecule has 1 saturated carbocycles. The second-order valence-corrected chi connectivity index (χ2v) is 13.3. The van der Waals surface area contributed by atoms with Crippen molar-refractivity contribution in [3.05, 3.63) is 76.9 Å². The molecule has 6 atom stereocenters. The molecule has 13 nitrogen and oxygen atoms in total. The number of hydrogen-bond donors (Lipinski definition) is 3. The Bertz CT molecular complexity index is 1620. The van der Waals surface area contributed by atoms with Crippen LogP contribution in [0.4, 0.5) is 0 Å². The fourth-order valence-corrected chi connectivity index (χ4v) is 7.79. The highest BCUT2D eigenvalue weighted by atomic mass is 16.8. The van der Waals surface area contributed by atoms with Crippen molar-refractivity contribution in [3.63, 3.8) is 0 Å². The topological polar surface area (TPSA) is 156 Å². The van der Waals surface area contributed by atoms with E-state index in [0.29, 0.717) is 12.8 Å². The average Bonchev–Trinajstić information content (AvgIpc) is 3.74. The SMILES string of the molecule is CN(C)C(=O)C=Cc1cccc(CN2OC3C4OC5(Cc6ccccc6C5)OC4C4CC3(C(=O)NCCC(=O)NCCO)C2C(=O)O4)c1. The van der Waals surface area contributed by atoms with Gasteiger partial charge < -0.3 is 34.9 Å². The lowest BCUT2D eigenvalue weighted by atomic mass is 9.62. The highest BCUT2D eigenvalue weighted by molar-refractivity contribution is 5.94. The fraction of sp³-hybridized carbons (Fsp3) is 0.486. The molecule has 48 heavy (non-hydrogen) atoms. The van der Waals surface area contributed by atoms with Crippen LogP contribution in [0, 0.1) is 5.41 Å². The van der Waals surface area contributed by atoms with Crippen LogP contribution in [-0.2, 0) is 57.6 Å². The Labute approximate surface area is 278 Å². The summed E-state index contributed by atoms with van der Waals surface area (Å²) in [5.41, 5.74) is 2.45. The zero-order chi connectivity index (χ0) is 33.6. The van der Waals surface area contributed by atoms with Gasteiger partial charge in [0.15, 0.2) is 11.8 Å². The third-order valence-electron chi connectivity index (χ3n) is 9.93. The predicted octanol–water partition coefficient (Wildman–Crippen LogP) is 0.482. The Morgan fingerprint density at radius 1 is 1.02 bits per heavy atom. The van der Waals surface area contributed by atoms with Gasteiger partial charge in [-0.1, -0.05) is 48.5 Å². The van der Waals surface area contributed by atoms with Gasteiger partial charge >= 0.3 is 5.97 Å². The van der Waals surface area contributed by atoms with Gasteiger partial charge in [0.1, 0.15) is 29.8 Å². The number of ether oxygens (including phenoxy) is 3. The molecule has 6 unspecified atom stereocenters. The Hall–Kier alpha value is -4.14. The molecule has 2 aromatic rings. The van der Waals surface area contributed by atoms with Crippen molar-refractivity contribution in [2.75, 3.05) is 33.8 Å². The third kappa shape index (κ3) is 5.69. The number of carbonyl (C=O) groups excluding carboxylic acids is 4. The molecular formula is C35H40N4O9. The molecule has 0 aromatic heterocycles. The summed E-state index contributed by atoms with van der Waals surface area (Å²) in [6.45, 7) is 0.109. The monoisotopic (exact) mass is 660 g/mol. The van der Waals surface area contributed by atoms with Gasteiger partial charge in [0.25, 0.3) is 0 Å². The normalized spacial score (nSPS) is 29.4. The maximum Gasteiger partial charge on any atom is 0.327 e. The molecule has 3 N–H and O–H groups in total. The number of rotatable bonds is 10. The molecule has 3 amide bonds. The highest BCUT2D eigenvalue weighted by Crippen LogP contribution is 2.58. The molecule has 2 aliphatic carbocycles. The van der Waals surface area contributed by atoms with Crippen LogP contribution in [0.25, 0.3) is 6.08 Å². The van der Waals surface area contributed by atoms with E-state index in [1.807, 2.05) is 48.5 Å². The van der Waals surface area contributed by atoms with Crippen molar-refractivity contribution in [1.82, 2.24) is 20.6 Å². The Morgan fingerprint density at radius 2 is 1.77 bits per heavy atom. The highest BCUT2D eigenvalue weighted by Gasteiger charge is 2.76. The molecule has 254 valence electrons. The van der Waals surface area contributed by atoms with E-state index < -0.39 is 53.5 Å². The van der Waals surface area contributed by atoms with Crippen molar-refractivity contribution >= 4 is 29.8 Å². The number of carbonyl (C=O) groups is 4. The van der Waals surface area contributed by atoms with Crippen molar-refractivity contribution in [3.8, 4) is 0 Å². The molecule has 4 fully saturated rings. The van der Waals surface area contributed by atoms with E-state index in [1.165, 1.54) is 16.0 Å². The first-order chi connectivity index (χ1) is 23.1. The smallest absolute Gasteiger partial charge is 0.327 e. The van der Waals surface area contributed by atoms with E-state index in [2.05, 4.69) is 10.6 Å². The van der Waals surface area contributed by atoms with Crippen LogP contribution in [-0.4, -0.2) is 109 Å². The molecule has 5 aliphatic rings. The van der Waals surface area contributed by atoms with Crippen molar-refractivity contribution in [2.45, 2.75) is 68.5 Å². The molecule has 2 aromatic carbocycles. The van der Waals surface area contributed by atoms with Gasteiger partial charge in [0.2, 0.25) is 17.7 Å². The quantitative estimate of drug-likeness (QED) is 0.242. The van der Waals surface area contributed by atoms with Crippen LogP contribution in [0.15, 0.2) is 54.6 Å². The first-order valence-electron chi connectivity index (χ1n) is 16.3. The number of aliphatic hydroxyl groups is 1. The molecular weight excluding hydrogens is 620 g/mol. The van der Waals surface area contributed by atoms with Gasteiger partial charge in [-0.15, -0.1) is 0 Å². The molecule has 1 spiro atoms. The Morgan fingerprint density at radius 3 is 2.50 bits per heavy atom. The van der Waals surface area contributed by atoms with Crippen LogP contribution in [0.2, 0.25) is 0 Å². The van der Waals surface area contributed by atoms with Crippen LogP contribution >= 0.6 is 0 Å². The lowest BCUT2D eigenvalue weighted by Gasteiger charge is -2.48. The number of fused-ring (bicyclic) bond motifs is 5. The van der Waals surface area contributed by atoms with Crippen molar-refractivity contribution < 1.29 is 43.3 Å². The second kappa shape index (κ2) is 12.7. The minimum Gasteiger partial charge on any atom is -0.458 e. The number of hydroxylamine groups is 2. The zero-order valence-corrected chi connectivity index (χ0v) is 26.9. The molecule has 7 rings (SSSR count). The first kappa shape index (κ1) is 32.4. The summed E-state index contributed by atoms with van der Waals surface area (Å²) in [5.74, 6) is -2.45. The molecule has 3 aliphatic heterocycles. The van der Waals surface area contributed by atoms with E-state index in [9.17, 15) is 19.2 Å². The van der Waals surface area contributed by atoms with E-state index in [1.54, 1.807) is 20.2 Å². The largest absolute Gasteiger partial charge is 0.458 e. The summed E-state index contributed by atoms with van der Waals surface area (Å²) in [5, 5.41) is 16.0. The number of nitrogens with one attached hydrogen (secondary N) is 2. The summed E-state index contributed by atoms with van der Waals surface area (Å²) < 4.78 is 19.5. The molecule has 0 radical (unpaired) electrons. The van der Waals surface area contributed by atoms with Gasteiger partial charge in [-0.2, -0.15) is 5.06 Å². The van der Waals surface area contributed by atoms with E-state index >= 15 is 0 Å². The van der Waals surface area contributed by atoms with Crippen LogP contribution in [0.3, 0.4) is 0 Å². The summed E-state index contributed by atoms with van der Waals surface area (Å²) in [7, 11) is 3.35. The predicted molar refractivity (Wildman–Crippen MR) is 169 cm³/mol. The summed E-state index contributed by atoms with van der Waals surface area (Å²) in [4.78, 5) is 60.7. The minimum absolute atomic E-state index is 0.000725. The third-order valence-corrected chi connectivity index (χ3v) is 9.93. The van der Waals surface area contributed by atoms with Gasteiger partial charge in [0.05, 0.1) is 13.2 Å². The average molecular weight is 661 g/mol. The number of benzene rings is 2. The second-order valence-electron chi connectivity index (χ2n) is 13.3. The van der Waals surface area contributed by atoms with Crippen LogP contribution in [0.5, 0.6) is 0 Å². The number of nitrogens with zero attached hydrogens (tertiary/aromatic N) is 2. The van der Waals surface area contributed by atoms with Crippen molar-refractivity contribution in [1.29, 1.82) is 0 Å². The van der Waals surface area contributed by atoms with Crippen LogP contribution in [0.1, 0.15) is 35.1 Å². The zero-order valence-electron chi connectivity index (χ0n) is 26.9. The van der Waals surface area contributed by atoms with Crippen LogP contribution < -0.4 is 10.6 Å². The maximum atomic E-state index is 14.3. The molecule has 3 heterocycles. The molecule has 13 heteroatoms. The standard InChI is InChI=1S/C35H40N4O9/c1-38(2)27(42)11-10-21-6-5-7-22(16-21)20-39-30-32(43)45-25-19-35(30,33(44)37-13-12-26(41)36-14-15-40)31(48-39)29-28(25)46-34(47-29)17-23-8-3-4-9-24(23)18-34/h3-11,16,25,28-31,40H,12-15,17-20H2,1-2H3,(H,36,41)(H,37,44). The summed E-state index contributed by atoms with van der Waals surface area (Å²) >= 11 is 0. The van der Waals surface area contributed by atoms with Crippen molar-refractivity contribution in [2.24, 2.45) is 5.41 Å². The van der Waals surface area contributed by atoms with E-state index in [-0.39, 0.29) is 50.9 Å². The molecule has 3 saturated heterocycles. The summed E-state index contributed by atoms with van der Waals surface area (Å²) in [6.07, 6.45) is 1.46. The number of likely N-dealkylation sites (N-methyl/N-ethyl adjacent to an activating group) is 1. The lowest BCUT2D eigenvalue weighted by Crippen LogP contribution is -2.69.